The van der Waals surface area contributed by atoms with Gasteiger partial charge in [0.2, 0.25) is 5.91 Å². The fraction of sp³-hybridized carbons (Fsp3) is 0.278. The molecule has 1 aliphatic rings. The molecule has 2 aromatic rings. The zero-order valence-corrected chi connectivity index (χ0v) is 14.0. The van der Waals surface area contributed by atoms with E-state index in [0.717, 1.165) is 28.9 Å². The van der Waals surface area contributed by atoms with Gasteiger partial charge in [0.25, 0.3) is 0 Å². The van der Waals surface area contributed by atoms with Crippen LogP contribution in [0.25, 0.3) is 0 Å². The fourth-order valence-corrected chi connectivity index (χ4v) is 4.08. The van der Waals surface area contributed by atoms with Gasteiger partial charge < -0.3 is 0 Å². The molecule has 126 valence electrons. The van der Waals surface area contributed by atoms with Crippen LogP contribution in [0.1, 0.15) is 27.6 Å². The van der Waals surface area contributed by atoms with E-state index < -0.39 is 17.1 Å². The highest BCUT2D eigenvalue weighted by atomic mass is 32.2. The lowest BCUT2D eigenvalue weighted by Gasteiger charge is -2.25. The summed E-state index contributed by atoms with van der Waals surface area (Å²) in [7, 11) is 0. The van der Waals surface area contributed by atoms with Crippen molar-refractivity contribution in [1.29, 1.82) is 0 Å². The number of halogens is 3. The average molecular weight is 351 g/mol. The van der Waals surface area contributed by atoms with Crippen molar-refractivity contribution in [3.8, 4) is 0 Å². The van der Waals surface area contributed by atoms with E-state index in [-0.39, 0.29) is 11.7 Å². The van der Waals surface area contributed by atoms with E-state index >= 15 is 0 Å². The largest absolute Gasteiger partial charge is 0.416 e. The van der Waals surface area contributed by atoms with Gasteiger partial charge in [-0.05, 0) is 54.8 Å². The number of anilines is 1. The molecule has 1 aliphatic heterocycles. The van der Waals surface area contributed by atoms with Crippen LogP contribution in [0.15, 0.2) is 42.5 Å². The normalized spacial score (nSPS) is 18.3. The van der Waals surface area contributed by atoms with Crippen LogP contribution in [-0.4, -0.2) is 11.7 Å². The smallest absolute Gasteiger partial charge is 0.295 e. The van der Waals surface area contributed by atoms with Crippen LogP contribution in [0, 0.1) is 13.8 Å². The number of hydrogen-bond donors (Lipinski definition) is 0. The second-order valence-electron chi connectivity index (χ2n) is 5.90. The minimum absolute atomic E-state index is 0.0904. The Kier molecular flexibility index (Phi) is 4.34. The molecule has 0 aliphatic carbocycles. The van der Waals surface area contributed by atoms with Gasteiger partial charge in [0.1, 0.15) is 5.37 Å². The number of carbonyl (C=O) groups is 1. The molecular weight excluding hydrogens is 335 g/mol. The summed E-state index contributed by atoms with van der Waals surface area (Å²) < 4.78 is 38.9. The number of benzene rings is 2. The summed E-state index contributed by atoms with van der Waals surface area (Å²) >= 11 is 1.35. The number of carbonyl (C=O) groups excluding carboxylic acids is 1. The highest BCUT2D eigenvalue weighted by molar-refractivity contribution is 8.00. The number of amides is 1. The molecule has 0 aromatic heterocycles. The van der Waals surface area contributed by atoms with Crippen LogP contribution >= 0.6 is 11.8 Å². The molecule has 0 radical (unpaired) electrons. The summed E-state index contributed by atoms with van der Waals surface area (Å²) in [5.41, 5.74) is 2.54. The van der Waals surface area contributed by atoms with Gasteiger partial charge in [-0.3, -0.25) is 9.69 Å². The number of nitrogens with zero attached hydrogens (tertiary/aromatic N) is 1. The number of rotatable bonds is 2. The molecule has 1 saturated heterocycles. The Morgan fingerprint density at radius 1 is 1.08 bits per heavy atom. The van der Waals surface area contributed by atoms with E-state index in [2.05, 4.69) is 0 Å². The standard InChI is InChI=1S/C18H16F3NOS/c1-11-6-12(2)8-15(7-11)22-16(23)10-24-17(22)13-4-3-5-14(9-13)18(19,20)21/h3-9,17H,10H2,1-2H3/t17-/m1/s1. The van der Waals surface area contributed by atoms with Crippen LogP contribution in [0.4, 0.5) is 18.9 Å². The summed E-state index contributed by atoms with van der Waals surface area (Å²) in [4.78, 5) is 13.9. The first-order valence-electron chi connectivity index (χ1n) is 7.45. The molecule has 1 heterocycles. The first-order chi connectivity index (χ1) is 11.3. The van der Waals surface area contributed by atoms with Crippen molar-refractivity contribution in [2.45, 2.75) is 25.4 Å². The molecule has 0 saturated carbocycles. The van der Waals surface area contributed by atoms with E-state index in [1.165, 1.54) is 17.8 Å². The monoisotopic (exact) mass is 351 g/mol. The van der Waals surface area contributed by atoms with E-state index in [9.17, 15) is 18.0 Å². The minimum Gasteiger partial charge on any atom is -0.295 e. The van der Waals surface area contributed by atoms with Gasteiger partial charge in [-0.25, -0.2) is 0 Å². The number of aryl methyl sites for hydroxylation is 2. The molecule has 2 nitrogen and oxygen atoms in total. The number of hydrogen-bond acceptors (Lipinski definition) is 2. The summed E-state index contributed by atoms with van der Waals surface area (Å²) in [5, 5.41) is -0.444. The van der Waals surface area contributed by atoms with Gasteiger partial charge >= 0.3 is 6.18 Å². The van der Waals surface area contributed by atoms with Crippen LogP contribution in [0.3, 0.4) is 0 Å². The van der Waals surface area contributed by atoms with Crippen LogP contribution in [0.2, 0.25) is 0 Å². The van der Waals surface area contributed by atoms with Crippen molar-refractivity contribution in [2.75, 3.05) is 10.7 Å². The Labute approximate surface area is 142 Å². The third-order valence-corrected chi connectivity index (χ3v) is 5.06. The predicted octanol–water partition coefficient (Wildman–Crippen LogP) is 5.10. The van der Waals surface area contributed by atoms with E-state index in [1.54, 1.807) is 11.0 Å². The maximum absolute atomic E-state index is 13.0. The molecule has 24 heavy (non-hydrogen) atoms. The molecular formula is C18H16F3NOS. The summed E-state index contributed by atoms with van der Waals surface area (Å²) in [6, 6.07) is 11.0. The first-order valence-corrected chi connectivity index (χ1v) is 8.50. The lowest BCUT2D eigenvalue weighted by Crippen LogP contribution is -2.28. The zero-order chi connectivity index (χ0) is 17.5. The van der Waals surface area contributed by atoms with Crippen molar-refractivity contribution in [3.05, 3.63) is 64.7 Å². The highest BCUT2D eigenvalue weighted by Crippen LogP contribution is 2.43. The van der Waals surface area contributed by atoms with Crippen molar-refractivity contribution < 1.29 is 18.0 Å². The van der Waals surface area contributed by atoms with Crippen LogP contribution in [0.5, 0.6) is 0 Å². The minimum atomic E-state index is -4.39. The number of thioether (sulfide) groups is 1. The molecule has 6 heteroatoms. The van der Waals surface area contributed by atoms with Gasteiger partial charge in [0, 0.05) is 5.69 Å². The molecule has 0 unspecified atom stereocenters. The Morgan fingerprint density at radius 2 is 1.75 bits per heavy atom. The van der Waals surface area contributed by atoms with Crippen molar-refractivity contribution in [2.24, 2.45) is 0 Å². The zero-order valence-electron chi connectivity index (χ0n) is 13.2. The number of alkyl halides is 3. The third-order valence-electron chi connectivity index (χ3n) is 3.85. The van der Waals surface area contributed by atoms with Crippen LogP contribution < -0.4 is 4.90 Å². The van der Waals surface area contributed by atoms with Crippen molar-refractivity contribution >= 4 is 23.4 Å². The van der Waals surface area contributed by atoms with E-state index in [1.807, 2.05) is 32.0 Å². The summed E-state index contributed by atoms with van der Waals surface area (Å²) in [6.07, 6.45) is -4.39. The summed E-state index contributed by atoms with van der Waals surface area (Å²) in [5.74, 6) is 0.167. The molecule has 0 spiro atoms. The van der Waals surface area contributed by atoms with E-state index in [0.29, 0.717) is 5.56 Å². The van der Waals surface area contributed by atoms with Gasteiger partial charge in [-0.15, -0.1) is 11.8 Å². The Morgan fingerprint density at radius 3 is 2.38 bits per heavy atom. The molecule has 1 amide bonds. The average Bonchev–Trinajstić information content (AvgIpc) is 2.87. The lowest BCUT2D eigenvalue weighted by molar-refractivity contribution is -0.137. The third kappa shape index (κ3) is 3.29. The quantitative estimate of drug-likeness (QED) is 0.750. The first kappa shape index (κ1) is 16.9. The van der Waals surface area contributed by atoms with E-state index in [4.69, 9.17) is 0 Å². The van der Waals surface area contributed by atoms with Gasteiger partial charge in [0.15, 0.2) is 0 Å². The van der Waals surface area contributed by atoms with Crippen LogP contribution in [-0.2, 0) is 11.0 Å². The molecule has 3 rings (SSSR count). The molecule has 0 N–H and O–H groups in total. The Hall–Kier alpha value is -1.95. The second-order valence-corrected chi connectivity index (χ2v) is 6.96. The predicted molar refractivity (Wildman–Crippen MR) is 90.0 cm³/mol. The van der Waals surface area contributed by atoms with Crippen molar-refractivity contribution in [1.82, 2.24) is 0 Å². The van der Waals surface area contributed by atoms with Gasteiger partial charge in [-0.2, -0.15) is 13.2 Å². The molecule has 1 fully saturated rings. The second kappa shape index (κ2) is 6.16. The van der Waals surface area contributed by atoms with Crippen molar-refractivity contribution in [3.63, 3.8) is 0 Å². The molecule has 2 aromatic carbocycles. The van der Waals surface area contributed by atoms with Gasteiger partial charge in [-0.1, -0.05) is 18.2 Å². The maximum atomic E-state index is 13.0. The van der Waals surface area contributed by atoms with Gasteiger partial charge in [0.05, 0.1) is 11.3 Å². The molecule has 1 atom stereocenters. The Bertz CT molecular complexity index is 768. The topological polar surface area (TPSA) is 20.3 Å². The molecule has 0 bridgehead atoms. The highest BCUT2D eigenvalue weighted by Gasteiger charge is 2.36. The lowest BCUT2D eigenvalue weighted by atomic mass is 10.1. The summed E-state index contributed by atoms with van der Waals surface area (Å²) in [6.45, 7) is 3.87. The Balaban J connectivity index is 2.02. The SMILES string of the molecule is Cc1cc(C)cc(N2C(=O)CS[C@@H]2c2cccc(C(F)(F)F)c2)c1. The maximum Gasteiger partial charge on any atom is 0.416 e. The fourth-order valence-electron chi connectivity index (χ4n) is 2.91.